The zero-order valence-electron chi connectivity index (χ0n) is 11.8. The van der Waals surface area contributed by atoms with E-state index in [-0.39, 0.29) is 0 Å². The summed E-state index contributed by atoms with van der Waals surface area (Å²) >= 11 is 3.55. The van der Waals surface area contributed by atoms with Gasteiger partial charge < -0.3 is 10.6 Å². The Morgan fingerprint density at radius 3 is 2.55 bits per heavy atom. The second kappa shape index (κ2) is 7.24. The summed E-state index contributed by atoms with van der Waals surface area (Å²) in [6.45, 7) is 5.08. The molecule has 0 saturated heterocycles. The van der Waals surface area contributed by atoms with E-state index in [9.17, 15) is 0 Å². The van der Waals surface area contributed by atoms with Crippen molar-refractivity contribution in [2.45, 2.75) is 26.7 Å². The molecule has 0 aliphatic carbocycles. The summed E-state index contributed by atoms with van der Waals surface area (Å²) in [5, 5.41) is 6.69. The largest absolute Gasteiger partial charge is 0.370 e. The maximum atomic E-state index is 4.39. The van der Waals surface area contributed by atoms with Crippen molar-refractivity contribution in [1.82, 2.24) is 9.97 Å². The van der Waals surface area contributed by atoms with Gasteiger partial charge >= 0.3 is 0 Å². The minimum Gasteiger partial charge on any atom is -0.370 e. The number of para-hydroxylation sites is 1. The molecule has 2 N–H and O–H groups in total. The van der Waals surface area contributed by atoms with Crippen LogP contribution in [-0.2, 0) is 6.42 Å². The molecule has 2 aromatic rings. The minimum atomic E-state index is 0.849. The molecule has 20 heavy (non-hydrogen) atoms. The number of hydrogen-bond donors (Lipinski definition) is 2. The summed E-state index contributed by atoms with van der Waals surface area (Å²) in [4.78, 5) is 8.73. The van der Waals surface area contributed by atoms with Crippen molar-refractivity contribution in [3.8, 4) is 0 Å². The fourth-order valence-electron chi connectivity index (χ4n) is 2.02. The molecular formula is C15H19BrN4. The van der Waals surface area contributed by atoms with Crippen LogP contribution in [0.2, 0.25) is 0 Å². The van der Waals surface area contributed by atoms with Gasteiger partial charge in [-0.2, -0.15) is 0 Å². The molecule has 0 amide bonds. The molecule has 0 bridgehead atoms. The van der Waals surface area contributed by atoms with Crippen LogP contribution in [0.1, 0.15) is 25.8 Å². The van der Waals surface area contributed by atoms with E-state index in [2.05, 4.69) is 50.4 Å². The predicted molar refractivity (Wildman–Crippen MR) is 87.6 cm³/mol. The summed E-state index contributed by atoms with van der Waals surface area (Å²) in [5.74, 6) is 1.78. The van der Waals surface area contributed by atoms with Crippen LogP contribution in [0.15, 0.2) is 35.1 Å². The molecule has 1 aromatic heterocycles. The highest BCUT2D eigenvalue weighted by Crippen LogP contribution is 2.28. The molecule has 106 valence electrons. The quantitative estimate of drug-likeness (QED) is 0.823. The van der Waals surface area contributed by atoms with Gasteiger partial charge in [-0.1, -0.05) is 25.5 Å². The first kappa shape index (κ1) is 14.8. The summed E-state index contributed by atoms with van der Waals surface area (Å²) < 4.78 is 1.02. The van der Waals surface area contributed by atoms with Gasteiger partial charge in [-0.15, -0.1) is 0 Å². The summed E-state index contributed by atoms with van der Waals surface area (Å²) in [6.07, 6.45) is 3.59. The van der Waals surface area contributed by atoms with Crippen molar-refractivity contribution in [3.05, 3.63) is 40.6 Å². The molecule has 1 heterocycles. The number of hydrogen-bond acceptors (Lipinski definition) is 4. The number of anilines is 3. The number of halogens is 1. The van der Waals surface area contributed by atoms with Crippen LogP contribution in [0.5, 0.6) is 0 Å². The molecule has 2 rings (SSSR count). The normalized spacial score (nSPS) is 10.3. The second-order valence-electron chi connectivity index (χ2n) is 4.43. The second-order valence-corrected chi connectivity index (χ2v) is 5.29. The van der Waals surface area contributed by atoms with Crippen LogP contribution in [0.25, 0.3) is 0 Å². The van der Waals surface area contributed by atoms with Crippen molar-refractivity contribution in [1.29, 1.82) is 0 Å². The van der Waals surface area contributed by atoms with Crippen molar-refractivity contribution in [2.24, 2.45) is 0 Å². The van der Waals surface area contributed by atoms with Crippen molar-refractivity contribution < 1.29 is 0 Å². The first-order valence-corrected chi connectivity index (χ1v) is 7.64. The molecule has 0 radical (unpaired) electrons. The monoisotopic (exact) mass is 334 g/mol. The first-order valence-electron chi connectivity index (χ1n) is 6.85. The van der Waals surface area contributed by atoms with E-state index in [1.165, 1.54) is 0 Å². The standard InChI is InChI=1S/C15H19BrN4/c1-3-7-11-14(17-4-2)18-10-19-15(11)20-13-9-6-5-8-12(13)16/h5-6,8-10H,3-4,7H2,1-2H3,(H2,17,18,19,20). The Hall–Kier alpha value is -1.62. The Labute approximate surface area is 128 Å². The number of nitrogens with one attached hydrogen (secondary N) is 2. The maximum Gasteiger partial charge on any atom is 0.139 e. The molecule has 0 spiro atoms. The number of aromatic nitrogens is 2. The van der Waals surface area contributed by atoms with E-state index in [0.717, 1.165) is 46.7 Å². The van der Waals surface area contributed by atoms with Crippen LogP contribution in [0.4, 0.5) is 17.3 Å². The number of nitrogens with zero attached hydrogens (tertiary/aromatic N) is 2. The van der Waals surface area contributed by atoms with Crippen LogP contribution in [0.3, 0.4) is 0 Å². The fourth-order valence-corrected chi connectivity index (χ4v) is 2.40. The molecule has 0 aliphatic rings. The lowest BCUT2D eigenvalue weighted by Gasteiger charge is -2.15. The van der Waals surface area contributed by atoms with Gasteiger partial charge in [0.2, 0.25) is 0 Å². The highest BCUT2D eigenvalue weighted by molar-refractivity contribution is 9.10. The molecular weight excluding hydrogens is 316 g/mol. The van der Waals surface area contributed by atoms with Gasteiger partial charge in [0.05, 0.1) is 5.69 Å². The Balaban J connectivity index is 2.35. The van der Waals surface area contributed by atoms with E-state index >= 15 is 0 Å². The molecule has 0 fully saturated rings. The predicted octanol–water partition coefficient (Wildman–Crippen LogP) is 4.37. The molecule has 5 heteroatoms. The fraction of sp³-hybridized carbons (Fsp3) is 0.333. The Morgan fingerprint density at radius 1 is 1.10 bits per heavy atom. The third kappa shape index (κ3) is 3.48. The van der Waals surface area contributed by atoms with Crippen LogP contribution in [-0.4, -0.2) is 16.5 Å². The molecule has 0 unspecified atom stereocenters. The zero-order chi connectivity index (χ0) is 14.4. The molecule has 0 aliphatic heterocycles. The lowest BCUT2D eigenvalue weighted by molar-refractivity contribution is 0.902. The first-order chi connectivity index (χ1) is 9.76. The Bertz CT molecular complexity index is 572. The van der Waals surface area contributed by atoms with Gasteiger partial charge in [-0.05, 0) is 41.4 Å². The summed E-state index contributed by atoms with van der Waals surface area (Å²) in [5.41, 5.74) is 2.14. The smallest absolute Gasteiger partial charge is 0.139 e. The van der Waals surface area contributed by atoms with Gasteiger partial charge in [0.15, 0.2) is 0 Å². The van der Waals surface area contributed by atoms with Crippen LogP contribution in [0, 0.1) is 0 Å². The van der Waals surface area contributed by atoms with E-state index in [1.807, 2.05) is 24.3 Å². The lowest BCUT2D eigenvalue weighted by Crippen LogP contribution is -2.08. The number of benzene rings is 1. The van der Waals surface area contributed by atoms with Gasteiger partial charge in [-0.25, -0.2) is 9.97 Å². The molecule has 0 atom stereocenters. The highest BCUT2D eigenvalue weighted by atomic mass is 79.9. The Morgan fingerprint density at radius 2 is 1.85 bits per heavy atom. The topological polar surface area (TPSA) is 49.8 Å². The van der Waals surface area contributed by atoms with Gasteiger partial charge in [0.1, 0.15) is 18.0 Å². The minimum absolute atomic E-state index is 0.849. The average Bonchev–Trinajstić information content (AvgIpc) is 2.45. The van der Waals surface area contributed by atoms with E-state index in [4.69, 9.17) is 0 Å². The van der Waals surface area contributed by atoms with E-state index < -0.39 is 0 Å². The Kier molecular flexibility index (Phi) is 5.35. The van der Waals surface area contributed by atoms with Gasteiger partial charge in [0, 0.05) is 16.6 Å². The third-order valence-corrected chi connectivity index (χ3v) is 3.61. The maximum absolute atomic E-state index is 4.39. The van der Waals surface area contributed by atoms with Gasteiger partial charge in [-0.3, -0.25) is 0 Å². The van der Waals surface area contributed by atoms with Crippen LogP contribution < -0.4 is 10.6 Å². The zero-order valence-corrected chi connectivity index (χ0v) is 13.4. The molecule has 0 saturated carbocycles. The lowest BCUT2D eigenvalue weighted by atomic mass is 10.1. The SMILES string of the molecule is CCCc1c(NCC)ncnc1Nc1ccccc1Br. The van der Waals surface area contributed by atoms with Gasteiger partial charge in [0.25, 0.3) is 0 Å². The molecule has 4 nitrogen and oxygen atoms in total. The van der Waals surface area contributed by atoms with Crippen LogP contribution >= 0.6 is 15.9 Å². The number of rotatable bonds is 6. The van der Waals surface area contributed by atoms with E-state index in [1.54, 1.807) is 6.33 Å². The highest BCUT2D eigenvalue weighted by Gasteiger charge is 2.11. The third-order valence-electron chi connectivity index (χ3n) is 2.92. The average molecular weight is 335 g/mol. The van der Waals surface area contributed by atoms with Crippen molar-refractivity contribution >= 4 is 33.3 Å². The van der Waals surface area contributed by atoms with E-state index in [0.29, 0.717) is 0 Å². The van der Waals surface area contributed by atoms with Crippen molar-refractivity contribution in [2.75, 3.05) is 17.2 Å². The summed E-state index contributed by atoms with van der Waals surface area (Å²) in [6, 6.07) is 8.02. The summed E-state index contributed by atoms with van der Waals surface area (Å²) in [7, 11) is 0. The van der Waals surface area contributed by atoms with Crippen molar-refractivity contribution in [3.63, 3.8) is 0 Å². The molecule has 1 aromatic carbocycles.